The van der Waals surface area contributed by atoms with Crippen molar-refractivity contribution >= 4 is 6.09 Å². The van der Waals surface area contributed by atoms with E-state index in [1.54, 1.807) is 0 Å². The summed E-state index contributed by atoms with van der Waals surface area (Å²) in [6, 6.07) is 7.33. The summed E-state index contributed by atoms with van der Waals surface area (Å²) in [4.78, 5) is 16.7. The molecule has 1 aromatic heterocycles. The number of ether oxygens (including phenoxy) is 1. The van der Waals surface area contributed by atoms with Crippen LogP contribution in [0.4, 0.5) is 18.0 Å². The molecule has 28 heavy (non-hydrogen) atoms. The van der Waals surface area contributed by atoms with Crippen molar-refractivity contribution in [2.75, 3.05) is 0 Å². The van der Waals surface area contributed by atoms with Crippen LogP contribution in [-0.4, -0.2) is 15.6 Å². The summed E-state index contributed by atoms with van der Waals surface area (Å²) in [5, 5.41) is 0. The Balaban J connectivity index is 1.83. The lowest BCUT2D eigenvalue weighted by Crippen LogP contribution is -2.19. The predicted molar refractivity (Wildman–Crippen MR) is 97.6 cm³/mol. The van der Waals surface area contributed by atoms with Gasteiger partial charge >= 0.3 is 6.09 Å². The maximum atomic E-state index is 13.7. The van der Waals surface area contributed by atoms with Crippen molar-refractivity contribution < 1.29 is 22.7 Å². The standard InChI is InChI=1S/C21H19F3N2O2/c1-12-5-4-6-15(13(12)2)14(3)20-25-9-10-26(20)21(27)28-11-16-17(22)7-8-18(23)19(16)24/h4-10,14H,11H2,1-3H3/t14-/m0/s1. The van der Waals surface area contributed by atoms with Gasteiger partial charge in [-0.25, -0.2) is 27.5 Å². The number of imidazole rings is 1. The van der Waals surface area contributed by atoms with Crippen molar-refractivity contribution in [1.82, 2.24) is 9.55 Å². The average molecular weight is 388 g/mol. The molecule has 0 spiro atoms. The Hall–Kier alpha value is -3.09. The normalized spacial score (nSPS) is 12.1. The molecule has 0 unspecified atom stereocenters. The molecular formula is C21H19F3N2O2. The Labute approximate surface area is 160 Å². The number of aryl methyl sites for hydroxylation is 1. The van der Waals surface area contributed by atoms with Crippen LogP contribution in [0.2, 0.25) is 0 Å². The van der Waals surface area contributed by atoms with Gasteiger partial charge in [-0.15, -0.1) is 0 Å². The van der Waals surface area contributed by atoms with Gasteiger partial charge in [0.05, 0.1) is 5.56 Å². The van der Waals surface area contributed by atoms with E-state index in [9.17, 15) is 18.0 Å². The molecule has 0 radical (unpaired) electrons. The van der Waals surface area contributed by atoms with E-state index in [-0.39, 0.29) is 5.92 Å². The fourth-order valence-electron chi connectivity index (χ4n) is 3.08. The third-order valence-electron chi connectivity index (χ3n) is 4.85. The van der Waals surface area contributed by atoms with E-state index in [1.165, 1.54) is 17.0 Å². The largest absolute Gasteiger partial charge is 0.444 e. The Kier molecular flexibility index (Phi) is 5.53. The predicted octanol–water partition coefficient (Wildman–Crippen LogP) is 5.25. The van der Waals surface area contributed by atoms with Gasteiger partial charge in [-0.1, -0.05) is 25.1 Å². The Morgan fingerprint density at radius 1 is 1.14 bits per heavy atom. The molecular weight excluding hydrogens is 369 g/mol. The van der Waals surface area contributed by atoms with Crippen molar-refractivity contribution in [2.45, 2.75) is 33.3 Å². The zero-order chi connectivity index (χ0) is 20.4. The van der Waals surface area contributed by atoms with Crippen LogP contribution < -0.4 is 0 Å². The van der Waals surface area contributed by atoms with E-state index in [0.29, 0.717) is 11.9 Å². The van der Waals surface area contributed by atoms with Crippen LogP contribution in [0.1, 0.15) is 40.9 Å². The van der Waals surface area contributed by atoms with Crippen LogP contribution in [-0.2, 0) is 11.3 Å². The molecule has 3 aromatic rings. The number of benzene rings is 2. The van der Waals surface area contributed by atoms with Crippen molar-refractivity contribution in [3.63, 3.8) is 0 Å². The third-order valence-corrected chi connectivity index (χ3v) is 4.85. The number of hydrogen-bond donors (Lipinski definition) is 0. The molecule has 0 saturated heterocycles. The number of halogens is 3. The Morgan fingerprint density at radius 3 is 2.61 bits per heavy atom. The lowest BCUT2D eigenvalue weighted by Gasteiger charge is -2.17. The second-order valence-corrected chi connectivity index (χ2v) is 6.54. The van der Waals surface area contributed by atoms with Gasteiger partial charge in [0, 0.05) is 18.3 Å². The van der Waals surface area contributed by atoms with E-state index in [1.807, 2.05) is 39.0 Å². The molecule has 0 saturated carbocycles. The quantitative estimate of drug-likeness (QED) is 0.573. The van der Waals surface area contributed by atoms with Gasteiger partial charge in [0.2, 0.25) is 0 Å². The van der Waals surface area contributed by atoms with Gasteiger partial charge in [0.15, 0.2) is 11.6 Å². The van der Waals surface area contributed by atoms with Crippen LogP contribution in [0.25, 0.3) is 0 Å². The summed E-state index contributed by atoms with van der Waals surface area (Å²) in [6.45, 7) is 5.15. The van der Waals surface area contributed by atoms with Crippen molar-refractivity contribution in [2.24, 2.45) is 0 Å². The second kappa shape index (κ2) is 7.88. The molecule has 2 aromatic carbocycles. The van der Waals surface area contributed by atoms with Crippen LogP contribution in [0, 0.1) is 31.3 Å². The monoisotopic (exact) mass is 388 g/mol. The summed E-state index contributed by atoms with van der Waals surface area (Å²) in [6.07, 6.45) is 2.01. The minimum Gasteiger partial charge on any atom is -0.444 e. The van der Waals surface area contributed by atoms with Crippen LogP contribution in [0.15, 0.2) is 42.7 Å². The summed E-state index contributed by atoms with van der Waals surface area (Å²) in [5.41, 5.74) is 2.56. The first-order valence-corrected chi connectivity index (χ1v) is 8.70. The van der Waals surface area contributed by atoms with Crippen molar-refractivity contribution in [1.29, 1.82) is 0 Å². The molecule has 0 bridgehead atoms. The highest BCUT2D eigenvalue weighted by atomic mass is 19.2. The minimum atomic E-state index is -1.37. The minimum absolute atomic E-state index is 0.218. The molecule has 0 aliphatic carbocycles. The van der Waals surface area contributed by atoms with Crippen LogP contribution in [0.3, 0.4) is 0 Å². The fraction of sp³-hybridized carbons (Fsp3) is 0.238. The lowest BCUT2D eigenvalue weighted by atomic mass is 9.93. The van der Waals surface area contributed by atoms with E-state index in [4.69, 9.17) is 4.74 Å². The summed E-state index contributed by atoms with van der Waals surface area (Å²) in [7, 11) is 0. The molecule has 0 amide bonds. The SMILES string of the molecule is Cc1cccc([C@H](C)c2nccn2C(=O)OCc2c(F)ccc(F)c2F)c1C. The summed E-state index contributed by atoms with van der Waals surface area (Å²) >= 11 is 0. The van der Waals surface area contributed by atoms with Gasteiger partial charge in [-0.3, -0.25) is 0 Å². The van der Waals surface area contributed by atoms with Gasteiger partial charge in [-0.2, -0.15) is 0 Å². The Bertz CT molecular complexity index is 1030. The van der Waals surface area contributed by atoms with E-state index in [0.717, 1.165) is 22.8 Å². The first kappa shape index (κ1) is 19.7. The molecule has 1 heterocycles. The smallest absolute Gasteiger partial charge is 0.419 e. The lowest BCUT2D eigenvalue weighted by molar-refractivity contribution is 0.137. The second-order valence-electron chi connectivity index (χ2n) is 6.54. The van der Waals surface area contributed by atoms with Crippen LogP contribution in [0.5, 0.6) is 0 Å². The molecule has 0 aliphatic rings. The highest BCUT2D eigenvalue weighted by Gasteiger charge is 2.22. The van der Waals surface area contributed by atoms with E-state index >= 15 is 0 Å². The summed E-state index contributed by atoms with van der Waals surface area (Å²) in [5.74, 6) is -3.35. The van der Waals surface area contributed by atoms with Crippen molar-refractivity contribution in [3.05, 3.63) is 88.3 Å². The highest BCUT2D eigenvalue weighted by Crippen LogP contribution is 2.27. The number of carbonyl (C=O) groups excluding carboxylic acids is 1. The van der Waals surface area contributed by atoms with Crippen molar-refractivity contribution in [3.8, 4) is 0 Å². The molecule has 1 atom stereocenters. The zero-order valence-corrected chi connectivity index (χ0v) is 15.7. The number of hydrogen-bond acceptors (Lipinski definition) is 3. The first-order valence-electron chi connectivity index (χ1n) is 8.70. The molecule has 4 nitrogen and oxygen atoms in total. The highest BCUT2D eigenvalue weighted by molar-refractivity contribution is 5.71. The molecule has 146 valence electrons. The van der Waals surface area contributed by atoms with Gasteiger partial charge < -0.3 is 4.74 Å². The molecule has 0 aliphatic heterocycles. The number of carbonyl (C=O) groups is 1. The van der Waals surface area contributed by atoms with E-state index in [2.05, 4.69) is 4.98 Å². The summed E-state index contributed by atoms with van der Waals surface area (Å²) < 4.78 is 46.9. The van der Waals surface area contributed by atoms with Gasteiger partial charge in [0.25, 0.3) is 0 Å². The topological polar surface area (TPSA) is 44.1 Å². The van der Waals surface area contributed by atoms with E-state index < -0.39 is 35.7 Å². The van der Waals surface area contributed by atoms with Gasteiger partial charge in [-0.05, 0) is 42.7 Å². The zero-order valence-electron chi connectivity index (χ0n) is 15.7. The maximum Gasteiger partial charge on any atom is 0.419 e. The molecule has 0 N–H and O–H groups in total. The number of aromatic nitrogens is 2. The third kappa shape index (κ3) is 3.65. The average Bonchev–Trinajstić information content (AvgIpc) is 3.16. The molecule has 7 heteroatoms. The number of rotatable bonds is 4. The Morgan fingerprint density at radius 2 is 1.86 bits per heavy atom. The van der Waals surface area contributed by atoms with Crippen LogP contribution >= 0.6 is 0 Å². The van der Waals surface area contributed by atoms with Gasteiger partial charge in [0.1, 0.15) is 18.2 Å². The maximum absolute atomic E-state index is 13.7. The first-order chi connectivity index (χ1) is 13.3. The molecule has 3 rings (SSSR count). The molecule has 0 fully saturated rings. The number of nitrogens with zero attached hydrogens (tertiary/aromatic N) is 2. The fourth-order valence-corrected chi connectivity index (χ4v) is 3.08.